The standard InChI is InChI=1S/C23H28N4O2S/c1-2-3-14-27-22(29)21-20(18(15-24-21)17-10-6-4-7-11-17)25-23(27)30-16-19(28)26-12-8-5-9-13-26/h4,6-7,10-11,15,24H,2-3,5,8-9,12-14,16H2,1H3. The van der Waals surface area contributed by atoms with E-state index in [0.717, 1.165) is 49.9 Å². The first kappa shape index (κ1) is 20.7. The number of H-pyrrole nitrogens is 1. The van der Waals surface area contributed by atoms with Gasteiger partial charge in [-0.15, -0.1) is 0 Å². The summed E-state index contributed by atoms with van der Waals surface area (Å²) < 4.78 is 1.73. The molecule has 1 fully saturated rings. The number of carbonyl (C=O) groups is 1. The molecule has 1 amide bonds. The fourth-order valence-corrected chi connectivity index (χ4v) is 4.82. The molecule has 0 saturated carbocycles. The van der Waals surface area contributed by atoms with E-state index in [2.05, 4.69) is 11.9 Å². The van der Waals surface area contributed by atoms with E-state index in [-0.39, 0.29) is 11.5 Å². The van der Waals surface area contributed by atoms with Crippen molar-refractivity contribution in [3.05, 3.63) is 46.9 Å². The van der Waals surface area contributed by atoms with Crippen molar-refractivity contribution in [2.45, 2.75) is 50.7 Å². The molecule has 1 N–H and O–H groups in total. The largest absolute Gasteiger partial charge is 0.355 e. The molecule has 6 nitrogen and oxygen atoms in total. The van der Waals surface area contributed by atoms with E-state index < -0.39 is 0 Å². The van der Waals surface area contributed by atoms with Gasteiger partial charge < -0.3 is 9.88 Å². The van der Waals surface area contributed by atoms with Crippen LogP contribution in [0, 0.1) is 0 Å². The Morgan fingerprint density at radius 2 is 1.93 bits per heavy atom. The summed E-state index contributed by atoms with van der Waals surface area (Å²) in [4.78, 5) is 35.8. The summed E-state index contributed by atoms with van der Waals surface area (Å²) in [5, 5.41) is 0.628. The minimum Gasteiger partial charge on any atom is -0.355 e. The zero-order valence-electron chi connectivity index (χ0n) is 17.4. The second-order valence-electron chi connectivity index (χ2n) is 7.73. The highest BCUT2D eigenvalue weighted by atomic mass is 32.2. The maximum Gasteiger partial charge on any atom is 0.278 e. The average Bonchev–Trinajstić information content (AvgIpc) is 3.22. The minimum absolute atomic E-state index is 0.0662. The third kappa shape index (κ3) is 4.31. The first-order valence-corrected chi connectivity index (χ1v) is 11.8. The molecule has 0 atom stereocenters. The third-order valence-corrected chi connectivity index (χ3v) is 6.56. The van der Waals surface area contributed by atoms with Gasteiger partial charge >= 0.3 is 0 Å². The molecule has 0 bridgehead atoms. The molecular weight excluding hydrogens is 396 g/mol. The number of nitrogens with one attached hydrogen (secondary N) is 1. The summed E-state index contributed by atoms with van der Waals surface area (Å²) in [7, 11) is 0. The maximum atomic E-state index is 13.2. The topological polar surface area (TPSA) is 71.0 Å². The van der Waals surface area contributed by atoms with Crippen LogP contribution in [0.3, 0.4) is 0 Å². The van der Waals surface area contributed by atoms with E-state index in [1.54, 1.807) is 4.57 Å². The summed E-state index contributed by atoms with van der Waals surface area (Å²) in [6.07, 6.45) is 7.08. The van der Waals surface area contributed by atoms with E-state index >= 15 is 0 Å². The number of carbonyl (C=O) groups excluding carboxylic acids is 1. The number of benzene rings is 1. The average molecular weight is 425 g/mol. The number of aromatic amines is 1. The highest BCUT2D eigenvalue weighted by molar-refractivity contribution is 7.99. The fraction of sp³-hybridized carbons (Fsp3) is 0.435. The van der Waals surface area contributed by atoms with Gasteiger partial charge in [0.05, 0.1) is 5.75 Å². The SMILES string of the molecule is CCCCn1c(SCC(=O)N2CCCCC2)nc2c(-c3ccccc3)c[nH]c2c1=O. The third-order valence-electron chi connectivity index (χ3n) is 5.60. The molecule has 1 aliphatic heterocycles. The van der Waals surface area contributed by atoms with Crippen molar-refractivity contribution in [1.29, 1.82) is 0 Å². The fourth-order valence-electron chi connectivity index (χ4n) is 3.89. The Bertz CT molecular complexity index is 1070. The number of likely N-dealkylation sites (tertiary alicyclic amines) is 1. The Morgan fingerprint density at radius 3 is 2.67 bits per heavy atom. The predicted molar refractivity (Wildman–Crippen MR) is 122 cm³/mol. The van der Waals surface area contributed by atoms with E-state index in [4.69, 9.17) is 4.98 Å². The molecule has 4 rings (SSSR count). The summed E-state index contributed by atoms with van der Waals surface area (Å²) in [6, 6.07) is 9.95. The number of fused-ring (bicyclic) bond motifs is 1. The van der Waals surface area contributed by atoms with Crippen LogP contribution in [0.4, 0.5) is 0 Å². The van der Waals surface area contributed by atoms with Crippen LogP contribution in [0.5, 0.6) is 0 Å². The number of hydrogen-bond acceptors (Lipinski definition) is 4. The van der Waals surface area contributed by atoms with Crippen LogP contribution in [0.1, 0.15) is 39.0 Å². The molecule has 0 spiro atoms. The second kappa shape index (κ2) is 9.51. The summed E-state index contributed by atoms with van der Waals surface area (Å²) >= 11 is 1.38. The van der Waals surface area contributed by atoms with Gasteiger partial charge in [-0.2, -0.15) is 0 Å². The van der Waals surface area contributed by atoms with E-state index in [1.807, 2.05) is 41.4 Å². The highest BCUT2D eigenvalue weighted by Gasteiger charge is 2.20. The zero-order chi connectivity index (χ0) is 20.9. The molecule has 158 valence electrons. The van der Waals surface area contributed by atoms with Gasteiger partial charge in [-0.05, 0) is 31.2 Å². The van der Waals surface area contributed by atoms with Crippen LogP contribution in [0.15, 0.2) is 46.5 Å². The molecule has 3 heterocycles. The van der Waals surface area contributed by atoms with Crippen molar-refractivity contribution in [2.75, 3.05) is 18.8 Å². The Balaban J connectivity index is 1.68. The first-order valence-electron chi connectivity index (χ1n) is 10.8. The lowest BCUT2D eigenvalue weighted by Crippen LogP contribution is -2.37. The molecule has 30 heavy (non-hydrogen) atoms. The quantitative estimate of drug-likeness (QED) is 0.454. The summed E-state index contributed by atoms with van der Waals surface area (Å²) in [5.74, 6) is 0.447. The molecule has 0 radical (unpaired) electrons. The van der Waals surface area contributed by atoms with Crippen LogP contribution in [-0.2, 0) is 11.3 Å². The van der Waals surface area contributed by atoms with Crippen molar-refractivity contribution < 1.29 is 4.79 Å². The number of piperidine rings is 1. The van der Waals surface area contributed by atoms with Gasteiger partial charge in [0.25, 0.3) is 5.56 Å². The number of aromatic nitrogens is 3. The van der Waals surface area contributed by atoms with E-state index in [0.29, 0.717) is 28.5 Å². The monoisotopic (exact) mass is 424 g/mol. The molecule has 1 aliphatic rings. The second-order valence-corrected chi connectivity index (χ2v) is 8.67. The Hall–Kier alpha value is -2.54. The van der Waals surface area contributed by atoms with Gasteiger partial charge in [0.15, 0.2) is 5.16 Å². The Morgan fingerprint density at radius 1 is 1.17 bits per heavy atom. The van der Waals surface area contributed by atoms with Crippen molar-refractivity contribution >= 4 is 28.7 Å². The number of hydrogen-bond donors (Lipinski definition) is 1. The predicted octanol–water partition coefficient (Wildman–Crippen LogP) is 4.30. The maximum absolute atomic E-state index is 13.2. The lowest BCUT2D eigenvalue weighted by Gasteiger charge is -2.26. The molecule has 1 saturated heterocycles. The lowest BCUT2D eigenvalue weighted by molar-refractivity contribution is -0.129. The first-order chi connectivity index (χ1) is 14.7. The molecule has 3 aromatic rings. The minimum atomic E-state index is -0.0662. The number of thioether (sulfide) groups is 1. The zero-order valence-corrected chi connectivity index (χ0v) is 18.2. The van der Waals surface area contributed by atoms with Gasteiger partial charge in [0.2, 0.25) is 5.91 Å². The van der Waals surface area contributed by atoms with Crippen molar-refractivity contribution in [2.24, 2.45) is 0 Å². The summed E-state index contributed by atoms with van der Waals surface area (Å²) in [5.41, 5.74) is 3.06. The number of nitrogens with zero attached hydrogens (tertiary/aromatic N) is 3. The van der Waals surface area contributed by atoms with Crippen molar-refractivity contribution in [3.8, 4) is 11.1 Å². The molecule has 7 heteroatoms. The normalized spacial score (nSPS) is 14.4. The smallest absolute Gasteiger partial charge is 0.278 e. The van der Waals surface area contributed by atoms with Gasteiger partial charge in [0.1, 0.15) is 11.0 Å². The number of unbranched alkanes of at least 4 members (excludes halogenated alkanes) is 1. The van der Waals surface area contributed by atoms with Crippen molar-refractivity contribution in [1.82, 2.24) is 19.4 Å². The van der Waals surface area contributed by atoms with E-state index in [1.165, 1.54) is 18.2 Å². The molecule has 0 unspecified atom stereocenters. The number of amides is 1. The van der Waals surface area contributed by atoms with Gasteiger partial charge in [-0.3, -0.25) is 14.2 Å². The molecule has 1 aromatic carbocycles. The van der Waals surface area contributed by atoms with Crippen LogP contribution < -0.4 is 5.56 Å². The highest BCUT2D eigenvalue weighted by Crippen LogP contribution is 2.28. The Kier molecular flexibility index (Phi) is 6.57. The van der Waals surface area contributed by atoms with Crippen LogP contribution in [-0.4, -0.2) is 44.2 Å². The molecular formula is C23H28N4O2S. The molecule has 2 aromatic heterocycles. The summed E-state index contributed by atoms with van der Waals surface area (Å²) in [6.45, 7) is 4.39. The molecule has 0 aliphatic carbocycles. The van der Waals surface area contributed by atoms with Crippen molar-refractivity contribution in [3.63, 3.8) is 0 Å². The van der Waals surface area contributed by atoms with Crippen LogP contribution in [0.2, 0.25) is 0 Å². The van der Waals surface area contributed by atoms with Gasteiger partial charge in [-0.1, -0.05) is 55.4 Å². The lowest BCUT2D eigenvalue weighted by atomic mass is 10.1. The van der Waals surface area contributed by atoms with Crippen LogP contribution in [0.25, 0.3) is 22.2 Å². The van der Waals surface area contributed by atoms with E-state index in [9.17, 15) is 9.59 Å². The van der Waals surface area contributed by atoms with Gasteiger partial charge in [0, 0.05) is 31.4 Å². The Labute approximate surface area is 180 Å². The van der Waals surface area contributed by atoms with Gasteiger partial charge in [-0.25, -0.2) is 4.98 Å². The number of rotatable bonds is 7. The van der Waals surface area contributed by atoms with Crippen LogP contribution >= 0.6 is 11.8 Å².